The Hall–Kier alpha value is -1.57. The molecule has 0 N–H and O–H groups in total. The molecule has 1 atom stereocenters. The van der Waals surface area contributed by atoms with Crippen molar-refractivity contribution in [2.75, 3.05) is 7.11 Å². The molecule has 0 aliphatic carbocycles. The van der Waals surface area contributed by atoms with E-state index in [2.05, 4.69) is 13.0 Å². The van der Waals surface area contributed by atoms with Crippen LogP contribution in [0.4, 0.5) is 0 Å². The number of esters is 1. The van der Waals surface area contributed by atoms with Crippen LogP contribution in [-0.4, -0.2) is 13.1 Å². The number of carbonyl (C=O) groups excluding carboxylic acids is 1. The highest BCUT2D eigenvalue weighted by Gasteiger charge is 2.15. The van der Waals surface area contributed by atoms with Gasteiger partial charge in [-0.15, -0.1) is 0 Å². The van der Waals surface area contributed by atoms with Crippen LogP contribution >= 0.6 is 0 Å². The van der Waals surface area contributed by atoms with Crippen LogP contribution in [0.15, 0.2) is 30.3 Å². The summed E-state index contributed by atoms with van der Waals surface area (Å²) in [4.78, 5) is 11.4. The van der Waals surface area contributed by atoms with Crippen molar-refractivity contribution in [2.24, 2.45) is 0 Å². The van der Waals surface area contributed by atoms with Crippen molar-refractivity contribution in [1.29, 1.82) is 0 Å². The molecule has 0 amide bonds. The number of benzene rings is 1. The van der Waals surface area contributed by atoms with Crippen molar-refractivity contribution in [1.82, 2.24) is 0 Å². The van der Waals surface area contributed by atoms with Gasteiger partial charge in [-0.1, -0.05) is 30.3 Å². The molecule has 16 heavy (non-hydrogen) atoms. The van der Waals surface area contributed by atoms with Crippen LogP contribution in [0.25, 0.3) is 5.57 Å². The van der Waals surface area contributed by atoms with Crippen molar-refractivity contribution in [3.8, 4) is 0 Å². The molecule has 1 rings (SSSR count). The summed E-state index contributed by atoms with van der Waals surface area (Å²) < 4.78 is 4.74. The smallest absolute Gasteiger partial charge is 0.312 e. The van der Waals surface area contributed by atoms with Gasteiger partial charge >= 0.3 is 5.97 Å². The Kier molecular flexibility index (Phi) is 4.29. The van der Waals surface area contributed by atoms with Gasteiger partial charge in [-0.2, -0.15) is 0 Å². The Balaban J connectivity index is 3.03. The number of allylic oxidation sites excluding steroid dienone is 2. The summed E-state index contributed by atoms with van der Waals surface area (Å²) in [5, 5.41) is 0. The monoisotopic (exact) mass is 218 g/mol. The van der Waals surface area contributed by atoms with E-state index < -0.39 is 0 Å². The van der Waals surface area contributed by atoms with Gasteiger partial charge in [0.25, 0.3) is 0 Å². The van der Waals surface area contributed by atoms with E-state index in [1.807, 2.05) is 38.1 Å². The van der Waals surface area contributed by atoms with E-state index in [-0.39, 0.29) is 11.9 Å². The van der Waals surface area contributed by atoms with Crippen LogP contribution in [0, 0.1) is 0 Å². The molecule has 0 aliphatic heterocycles. The van der Waals surface area contributed by atoms with E-state index >= 15 is 0 Å². The molecule has 2 nitrogen and oxygen atoms in total. The fraction of sp³-hybridized carbons (Fsp3) is 0.357. The first kappa shape index (κ1) is 12.5. The standard InChI is InChI=1S/C14H18O2/c1-5-10(2)12-7-6-8-13(9-12)11(3)14(15)16-4/h5-9,11H,1-4H3/b10-5+/t11-/m0/s1. The van der Waals surface area contributed by atoms with Crippen LogP contribution in [0.5, 0.6) is 0 Å². The van der Waals surface area contributed by atoms with Crippen LogP contribution in [0.2, 0.25) is 0 Å². The topological polar surface area (TPSA) is 26.3 Å². The average Bonchev–Trinajstić information content (AvgIpc) is 2.36. The molecular formula is C14H18O2. The zero-order valence-electron chi connectivity index (χ0n) is 10.3. The van der Waals surface area contributed by atoms with Gasteiger partial charge in [-0.25, -0.2) is 0 Å². The quantitative estimate of drug-likeness (QED) is 0.727. The lowest BCUT2D eigenvalue weighted by Crippen LogP contribution is -2.10. The van der Waals surface area contributed by atoms with Gasteiger partial charge in [0.2, 0.25) is 0 Å². The van der Waals surface area contributed by atoms with Crippen molar-refractivity contribution in [2.45, 2.75) is 26.7 Å². The third-order valence-corrected chi connectivity index (χ3v) is 2.83. The number of hydrogen-bond acceptors (Lipinski definition) is 2. The summed E-state index contributed by atoms with van der Waals surface area (Å²) >= 11 is 0. The van der Waals surface area contributed by atoms with Crippen molar-refractivity contribution in [3.05, 3.63) is 41.5 Å². The second-order valence-corrected chi connectivity index (χ2v) is 3.84. The van der Waals surface area contributed by atoms with Gasteiger partial charge in [-0.05, 0) is 37.5 Å². The van der Waals surface area contributed by atoms with Crippen molar-refractivity contribution in [3.63, 3.8) is 0 Å². The lowest BCUT2D eigenvalue weighted by Gasteiger charge is -2.11. The van der Waals surface area contributed by atoms with Crippen LogP contribution in [0.3, 0.4) is 0 Å². The van der Waals surface area contributed by atoms with Crippen LogP contribution < -0.4 is 0 Å². The van der Waals surface area contributed by atoms with Gasteiger partial charge in [0.05, 0.1) is 13.0 Å². The van der Waals surface area contributed by atoms with E-state index in [1.165, 1.54) is 12.7 Å². The molecule has 2 heteroatoms. The lowest BCUT2D eigenvalue weighted by atomic mass is 9.97. The summed E-state index contributed by atoms with van der Waals surface area (Å²) in [5.74, 6) is -0.412. The fourth-order valence-electron chi connectivity index (χ4n) is 1.53. The highest BCUT2D eigenvalue weighted by Crippen LogP contribution is 2.21. The Bertz CT molecular complexity index is 405. The Morgan fingerprint density at radius 3 is 2.69 bits per heavy atom. The molecule has 0 aliphatic rings. The molecule has 0 saturated carbocycles. The Morgan fingerprint density at radius 1 is 1.44 bits per heavy atom. The summed E-state index contributed by atoms with van der Waals surface area (Å²) in [6.07, 6.45) is 2.06. The Labute approximate surface area is 96.9 Å². The van der Waals surface area contributed by atoms with E-state index in [4.69, 9.17) is 4.74 Å². The maximum Gasteiger partial charge on any atom is 0.312 e. The van der Waals surface area contributed by atoms with Gasteiger partial charge in [-0.3, -0.25) is 4.79 Å². The Morgan fingerprint density at radius 2 is 2.12 bits per heavy atom. The van der Waals surface area contributed by atoms with Gasteiger partial charge in [0.1, 0.15) is 0 Å². The highest BCUT2D eigenvalue weighted by atomic mass is 16.5. The van der Waals surface area contributed by atoms with Crippen molar-refractivity contribution >= 4 is 11.5 Å². The number of ether oxygens (including phenoxy) is 1. The molecule has 1 aromatic rings. The van der Waals surface area contributed by atoms with Crippen LogP contribution in [0.1, 0.15) is 37.8 Å². The zero-order valence-corrected chi connectivity index (χ0v) is 10.3. The summed E-state index contributed by atoms with van der Waals surface area (Å²) in [7, 11) is 1.42. The summed E-state index contributed by atoms with van der Waals surface area (Å²) in [6, 6.07) is 8.00. The summed E-state index contributed by atoms with van der Waals surface area (Å²) in [6.45, 7) is 5.92. The largest absolute Gasteiger partial charge is 0.469 e. The molecule has 0 bridgehead atoms. The van der Waals surface area contributed by atoms with Crippen LogP contribution in [-0.2, 0) is 9.53 Å². The third-order valence-electron chi connectivity index (χ3n) is 2.83. The first-order valence-electron chi connectivity index (χ1n) is 5.41. The van der Waals surface area contributed by atoms with Gasteiger partial charge in [0, 0.05) is 0 Å². The first-order valence-corrected chi connectivity index (χ1v) is 5.41. The molecule has 1 aromatic carbocycles. The minimum absolute atomic E-state index is 0.199. The molecule has 0 unspecified atom stereocenters. The molecule has 0 fully saturated rings. The predicted octanol–water partition coefficient (Wildman–Crippen LogP) is 3.39. The fourth-order valence-corrected chi connectivity index (χ4v) is 1.53. The maximum atomic E-state index is 11.4. The molecule has 0 aromatic heterocycles. The average molecular weight is 218 g/mol. The first-order chi connectivity index (χ1) is 7.60. The van der Waals surface area contributed by atoms with E-state index in [9.17, 15) is 4.79 Å². The number of rotatable bonds is 3. The lowest BCUT2D eigenvalue weighted by molar-refractivity contribution is -0.141. The number of hydrogen-bond donors (Lipinski definition) is 0. The normalized spacial score (nSPS) is 13.4. The molecule has 0 heterocycles. The van der Waals surface area contributed by atoms with E-state index in [0.717, 1.165) is 11.1 Å². The molecule has 0 radical (unpaired) electrons. The molecule has 0 spiro atoms. The van der Waals surface area contributed by atoms with Gasteiger partial charge in [0.15, 0.2) is 0 Å². The second kappa shape index (κ2) is 5.50. The molecule has 0 saturated heterocycles. The molecular weight excluding hydrogens is 200 g/mol. The zero-order chi connectivity index (χ0) is 12.1. The number of methoxy groups -OCH3 is 1. The molecule has 86 valence electrons. The second-order valence-electron chi connectivity index (χ2n) is 3.84. The maximum absolute atomic E-state index is 11.4. The number of carbonyl (C=O) groups is 1. The SMILES string of the molecule is C/C=C(\C)c1cccc([C@H](C)C(=O)OC)c1. The van der Waals surface area contributed by atoms with Gasteiger partial charge < -0.3 is 4.74 Å². The minimum atomic E-state index is -0.213. The van der Waals surface area contributed by atoms with E-state index in [0.29, 0.717) is 0 Å². The minimum Gasteiger partial charge on any atom is -0.469 e. The summed E-state index contributed by atoms with van der Waals surface area (Å²) in [5.41, 5.74) is 3.35. The third kappa shape index (κ3) is 2.72. The highest BCUT2D eigenvalue weighted by molar-refractivity contribution is 5.78. The van der Waals surface area contributed by atoms with Crippen molar-refractivity contribution < 1.29 is 9.53 Å². The van der Waals surface area contributed by atoms with E-state index in [1.54, 1.807) is 0 Å². The predicted molar refractivity (Wildman–Crippen MR) is 66.2 cm³/mol.